The third-order valence-electron chi connectivity index (χ3n) is 5.93. The molecule has 2 N–H and O–H groups in total. The van der Waals surface area contributed by atoms with Gasteiger partial charge in [0.25, 0.3) is 0 Å². The van der Waals surface area contributed by atoms with Crippen molar-refractivity contribution >= 4 is 33.7 Å². The maximum absolute atomic E-state index is 13.0. The summed E-state index contributed by atoms with van der Waals surface area (Å²) in [7, 11) is 0. The first-order valence-corrected chi connectivity index (χ1v) is 10.1. The lowest BCUT2D eigenvalue weighted by molar-refractivity contribution is -0.148. The number of rotatable bonds is 4. The topological polar surface area (TPSA) is 88.4 Å². The van der Waals surface area contributed by atoms with Gasteiger partial charge < -0.3 is 15.0 Å². The number of fused-ring (bicyclic) bond motifs is 2. The highest BCUT2D eigenvalue weighted by molar-refractivity contribution is 5.95. The minimum absolute atomic E-state index is 0.0453. The lowest BCUT2D eigenvalue weighted by atomic mass is 9.90. The van der Waals surface area contributed by atoms with Gasteiger partial charge in [0.15, 0.2) is 5.43 Å². The highest BCUT2D eigenvalue weighted by atomic mass is 16.4. The molecular formula is C23H24N2O4. The highest BCUT2D eigenvalue weighted by Crippen LogP contribution is 2.28. The van der Waals surface area contributed by atoms with Gasteiger partial charge in [-0.2, -0.15) is 0 Å². The second kappa shape index (κ2) is 7.70. The summed E-state index contributed by atoms with van der Waals surface area (Å²) in [4.78, 5) is 37.9. The third-order valence-corrected chi connectivity index (χ3v) is 5.93. The molecule has 3 aromatic rings. The van der Waals surface area contributed by atoms with Crippen molar-refractivity contribution in [3.8, 4) is 0 Å². The van der Waals surface area contributed by atoms with Crippen molar-refractivity contribution in [3.05, 3.63) is 58.8 Å². The van der Waals surface area contributed by atoms with Crippen LogP contribution in [0.15, 0.2) is 53.3 Å². The molecule has 6 heteroatoms. The van der Waals surface area contributed by atoms with E-state index in [1.807, 2.05) is 24.3 Å². The molecule has 1 heterocycles. The molecular weight excluding hydrogens is 368 g/mol. The Kier molecular flexibility index (Phi) is 5.09. The van der Waals surface area contributed by atoms with Crippen molar-refractivity contribution in [2.45, 2.75) is 50.6 Å². The number of amides is 1. The van der Waals surface area contributed by atoms with E-state index in [1.54, 1.807) is 28.8 Å². The van der Waals surface area contributed by atoms with E-state index >= 15 is 0 Å². The van der Waals surface area contributed by atoms with Gasteiger partial charge in [0.1, 0.15) is 12.1 Å². The molecule has 0 saturated heterocycles. The summed E-state index contributed by atoms with van der Waals surface area (Å²) in [6.45, 7) is -0.0453. The van der Waals surface area contributed by atoms with E-state index < -0.39 is 11.5 Å². The van der Waals surface area contributed by atoms with Gasteiger partial charge in [-0.1, -0.05) is 49.9 Å². The minimum Gasteiger partial charge on any atom is -0.480 e. The van der Waals surface area contributed by atoms with Crippen LogP contribution in [-0.2, 0) is 16.1 Å². The van der Waals surface area contributed by atoms with Crippen LogP contribution in [0.25, 0.3) is 21.8 Å². The molecule has 1 aromatic heterocycles. The molecule has 1 aliphatic rings. The maximum atomic E-state index is 13.0. The molecule has 0 radical (unpaired) electrons. The number of carboxylic acids is 1. The second-order valence-electron chi connectivity index (χ2n) is 7.80. The fourth-order valence-corrected chi connectivity index (χ4v) is 4.42. The van der Waals surface area contributed by atoms with E-state index in [0.29, 0.717) is 34.6 Å². The molecule has 0 atom stereocenters. The van der Waals surface area contributed by atoms with E-state index in [0.717, 1.165) is 25.7 Å². The number of benzene rings is 2. The first-order valence-electron chi connectivity index (χ1n) is 10.1. The van der Waals surface area contributed by atoms with Crippen LogP contribution in [0.1, 0.15) is 38.5 Å². The quantitative estimate of drug-likeness (QED) is 0.526. The third kappa shape index (κ3) is 3.50. The molecule has 0 spiro atoms. The molecule has 4 rings (SSSR count). The zero-order valence-electron chi connectivity index (χ0n) is 16.2. The van der Waals surface area contributed by atoms with Gasteiger partial charge in [-0.05, 0) is 37.1 Å². The smallest absolute Gasteiger partial charge is 0.329 e. The Hall–Kier alpha value is -3.15. The standard InChI is InChI=1S/C23H24N2O4/c26-20(24-23(22(28)29)13-7-1-2-8-14-23)15-25-18-11-5-3-9-16(18)21(27)17-10-4-6-12-19(17)25/h3-6,9-12H,1-2,7-8,13-15H2,(H,24,26)(H,28,29). The highest BCUT2D eigenvalue weighted by Gasteiger charge is 2.40. The summed E-state index contributed by atoms with van der Waals surface area (Å²) in [6, 6.07) is 14.4. The molecule has 1 amide bonds. The van der Waals surface area contributed by atoms with Crippen molar-refractivity contribution in [1.29, 1.82) is 0 Å². The normalized spacial score (nSPS) is 16.4. The number of aromatic nitrogens is 1. The Bertz CT molecular complexity index is 1080. The Morgan fingerprint density at radius 3 is 1.93 bits per heavy atom. The van der Waals surface area contributed by atoms with Gasteiger partial charge in [-0.15, -0.1) is 0 Å². The van der Waals surface area contributed by atoms with Crippen molar-refractivity contribution in [2.24, 2.45) is 0 Å². The second-order valence-corrected chi connectivity index (χ2v) is 7.80. The Morgan fingerprint density at radius 2 is 1.41 bits per heavy atom. The summed E-state index contributed by atoms with van der Waals surface area (Å²) in [5.74, 6) is -1.32. The van der Waals surface area contributed by atoms with Crippen LogP contribution < -0.4 is 10.7 Å². The number of carbonyl (C=O) groups is 2. The van der Waals surface area contributed by atoms with E-state index in [9.17, 15) is 19.5 Å². The average molecular weight is 392 g/mol. The molecule has 1 aliphatic carbocycles. The van der Waals surface area contributed by atoms with Crippen LogP contribution in [-0.4, -0.2) is 27.1 Å². The number of para-hydroxylation sites is 2. The Balaban J connectivity index is 1.75. The van der Waals surface area contributed by atoms with Gasteiger partial charge in [-0.3, -0.25) is 9.59 Å². The number of aliphatic carboxylic acids is 1. The zero-order chi connectivity index (χ0) is 20.4. The molecule has 1 saturated carbocycles. The zero-order valence-corrected chi connectivity index (χ0v) is 16.2. The summed E-state index contributed by atoms with van der Waals surface area (Å²) >= 11 is 0. The van der Waals surface area contributed by atoms with E-state index in [2.05, 4.69) is 5.32 Å². The van der Waals surface area contributed by atoms with E-state index in [4.69, 9.17) is 0 Å². The molecule has 2 aromatic carbocycles. The van der Waals surface area contributed by atoms with Gasteiger partial charge in [0, 0.05) is 10.8 Å². The molecule has 29 heavy (non-hydrogen) atoms. The van der Waals surface area contributed by atoms with Crippen LogP contribution in [0, 0.1) is 0 Å². The van der Waals surface area contributed by atoms with Gasteiger partial charge in [0.2, 0.25) is 5.91 Å². The Labute approximate surface area is 168 Å². The number of carbonyl (C=O) groups excluding carboxylic acids is 1. The molecule has 0 bridgehead atoms. The van der Waals surface area contributed by atoms with Crippen LogP contribution in [0.4, 0.5) is 0 Å². The summed E-state index contributed by atoms with van der Waals surface area (Å²) in [5.41, 5.74) is 0.0462. The molecule has 0 aliphatic heterocycles. The van der Waals surface area contributed by atoms with Gasteiger partial charge >= 0.3 is 5.97 Å². The molecule has 0 unspecified atom stereocenters. The van der Waals surface area contributed by atoms with Crippen molar-refractivity contribution < 1.29 is 14.7 Å². The number of nitrogens with one attached hydrogen (secondary N) is 1. The van der Waals surface area contributed by atoms with Crippen LogP contribution in [0.5, 0.6) is 0 Å². The monoisotopic (exact) mass is 392 g/mol. The fourth-order valence-electron chi connectivity index (χ4n) is 4.42. The predicted octanol–water partition coefficient (Wildman–Crippen LogP) is 3.45. The maximum Gasteiger partial charge on any atom is 0.329 e. The van der Waals surface area contributed by atoms with Crippen molar-refractivity contribution in [2.75, 3.05) is 0 Å². The SMILES string of the molecule is O=C(Cn1c2ccccc2c(=O)c2ccccc21)NC1(C(=O)O)CCCCCC1. The first kappa shape index (κ1) is 19.2. The summed E-state index contributed by atoms with van der Waals surface area (Å²) in [6.07, 6.45) is 4.44. The average Bonchev–Trinajstić information content (AvgIpc) is 2.97. The number of pyridine rings is 1. The summed E-state index contributed by atoms with van der Waals surface area (Å²) in [5, 5.41) is 13.8. The summed E-state index contributed by atoms with van der Waals surface area (Å²) < 4.78 is 1.80. The van der Waals surface area contributed by atoms with Crippen molar-refractivity contribution in [3.63, 3.8) is 0 Å². The van der Waals surface area contributed by atoms with Crippen LogP contribution >= 0.6 is 0 Å². The number of hydrogen-bond donors (Lipinski definition) is 2. The van der Waals surface area contributed by atoms with Crippen LogP contribution in [0.3, 0.4) is 0 Å². The van der Waals surface area contributed by atoms with Crippen molar-refractivity contribution in [1.82, 2.24) is 9.88 Å². The number of nitrogens with zero attached hydrogens (tertiary/aromatic N) is 1. The minimum atomic E-state index is -1.21. The van der Waals surface area contributed by atoms with Crippen LogP contribution in [0.2, 0.25) is 0 Å². The van der Waals surface area contributed by atoms with Gasteiger partial charge in [0.05, 0.1) is 11.0 Å². The first-order chi connectivity index (χ1) is 14.0. The fraction of sp³-hybridized carbons (Fsp3) is 0.348. The van der Waals surface area contributed by atoms with E-state index in [-0.39, 0.29) is 17.9 Å². The molecule has 1 fully saturated rings. The molecule has 6 nitrogen and oxygen atoms in total. The van der Waals surface area contributed by atoms with E-state index in [1.165, 1.54) is 0 Å². The lowest BCUT2D eigenvalue weighted by Gasteiger charge is -2.29. The largest absolute Gasteiger partial charge is 0.480 e. The Morgan fingerprint density at radius 1 is 0.897 bits per heavy atom. The van der Waals surface area contributed by atoms with Gasteiger partial charge in [-0.25, -0.2) is 4.79 Å². The number of hydrogen-bond acceptors (Lipinski definition) is 3. The number of carboxylic acid groups (broad SMARTS) is 1. The lowest BCUT2D eigenvalue weighted by Crippen LogP contribution is -2.55. The molecule has 150 valence electrons. The predicted molar refractivity (Wildman–Crippen MR) is 112 cm³/mol.